The number of anilines is 1. The van der Waals surface area contributed by atoms with Crippen LogP contribution in [0.3, 0.4) is 0 Å². The fourth-order valence-corrected chi connectivity index (χ4v) is 4.78. The second-order valence-electron chi connectivity index (χ2n) is 9.02. The van der Waals surface area contributed by atoms with E-state index in [1.54, 1.807) is 29.0 Å². The Morgan fingerprint density at radius 1 is 1.29 bits per heavy atom. The van der Waals surface area contributed by atoms with Crippen molar-refractivity contribution < 1.29 is 14.0 Å². The molecule has 10 heteroatoms. The molecule has 1 aliphatic carbocycles. The molecule has 2 aliphatic rings. The molecular weight excluding hydrogens is 449 g/mol. The van der Waals surface area contributed by atoms with Crippen LogP contribution in [0, 0.1) is 17.7 Å². The molecule has 0 spiro atoms. The summed E-state index contributed by atoms with van der Waals surface area (Å²) in [5.41, 5.74) is 7.50. The van der Waals surface area contributed by atoms with Gasteiger partial charge in [-0.1, -0.05) is 12.5 Å². The highest BCUT2D eigenvalue weighted by atomic mass is 19.1. The van der Waals surface area contributed by atoms with E-state index in [4.69, 9.17) is 5.73 Å². The van der Waals surface area contributed by atoms with E-state index in [9.17, 15) is 14.0 Å². The predicted octanol–water partition coefficient (Wildman–Crippen LogP) is 2.60. The van der Waals surface area contributed by atoms with Gasteiger partial charge in [0.05, 0.1) is 29.0 Å². The van der Waals surface area contributed by atoms with Gasteiger partial charge in [-0.15, -0.1) is 0 Å². The van der Waals surface area contributed by atoms with Gasteiger partial charge in [0.25, 0.3) is 5.91 Å². The number of hydrogen-bond donors (Lipinski definition) is 2. The zero-order valence-corrected chi connectivity index (χ0v) is 19.6. The van der Waals surface area contributed by atoms with Gasteiger partial charge in [0.1, 0.15) is 17.2 Å². The van der Waals surface area contributed by atoms with Crippen molar-refractivity contribution in [3.05, 3.63) is 53.8 Å². The van der Waals surface area contributed by atoms with Gasteiger partial charge in [0.2, 0.25) is 5.91 Å². The highest BCUT2D eigenvalue weighted by molar-refractivity contribution is 6.00. The molecule has 35 heavy (non-hydrogen) atoms. The van der Waals surface area contributed by atoms with Crippen LogP contribution >= 0.6 is 0 Å². The Labute approximate surface area is 201 Å². The van der Waals surface area contributed by atoms with E-state index in [2.05, 4.69) is 33.8 Å². The molecule has 180 valence electrons. The van der Waals surface area contributed by atoms with Crippen molar-refractivity contribution in [1.29, 1.82) is 0 Å². The summed E-state index contributed by atoms with van der Waals surface area (Å²) < 4.78 is 18.5. The van der Waals surface area contributed by atoms with Crippen LogP contribution < -0.4 is 11.1 Å². The maximum atomic E-state index is 14.9. The molecule has 2 aromatic heterocycles. The Morgan fingerprint density at radius 3 is 2.71 bits per heavy atom. The van der Waals surface area contributed by atoms with E-state index in [1.807, 2.05) is 11.5 Å². The molecule has 0 unspecified atom stereocenters. The molecular formula is C25H26FN7O2. The van der Waals surface area contributed by atoms with Gasteiger partial charge < -0.3 is 20.5 Å². The molecule has 3 N–H and O–H groups in total. The average Bonchev–Trinajstić information content (AvgIpc) is 3.31. The number of rotatable bonds is 5. The molecule has 2 amide bonds. The summed E-state index contributed by atoms with van der Waals surface area (Å²) in [4.78, 5) is 30.6. The van der Waals surface area contributed by atoms with Crippen molar-refractivity contribution in [1.82, 2.24) is 24.2 Å². The first-order valence-corrected chi connectivity index (χ1v) is 11.5. The zero-order valence-electron chi connectivity index (χ0n) is 19.6. The summed E-state index contributed by atoms with van der Waals surface area (Å²) in [6, 6.07) is 3.22. The van der Waals surface area contributed by atoms with Crippen LogP contribution in [0.5, 0.6) is 0 Å². The Morgan fingerprint density at radius 2 is 2.06 bits per heavy atom. The third-order valence-corrected chi connectivity index (χ3v) is 6.67. The number of nitrogens with one attached hydrogen (secondary N) is 1. The lowest BCUT2D eigenvalue weighted by atomic mass is 10.1. The Hall–Kier alpha value is -4.13. The quantitative estimate of drug-likeness (QED) is 0.435. The number of nitrogens with zero attached hydrogens (tertiary/aromatic N) is 5. The molecule has 1 aliphatic heterocycles. The number of aromatic nitrogens is 4. The van der Waals surface area contributed by atoms with Crippen LogP contribution in [0.25, 0.3) is 11.0 Å². The van der Waals surface area contributed by atoms with Gasteiger partial charge in [0, 0.05) is 31.7 Å². The van der Waals surface area contributed by atoms with E-state index in [-0.39, 0.29) is 34.8 Å². The molecule has 1 aromatic carbocycles. The van der Waals surface area contributed by atoms with Crippen LogP contribution in [0.4, 0.5) is 10.2 Å². The maximum absolute atomic E-state index is 14.9. The van der Waals surface area contributed by atoms with Gasteiger partial charge in [-0.3, -0.25) is 9.59 Å². The molecule has 2 fully saturated rings. The van der Waals surface area contributed by atoms with E-state index in [1.165, 1.54) is 12.1 Å². The van der Waals surface area contributed by atoms with Crippen LogP contribution in [-0.4, -0.2) is 55.7 Å². The number of likely N-dealkylation sites (tertiary alicyclic amines) is 1. The minimum atomic E-state index is -0.700. The number of carbonyl (C=O) groups is 2. The van der Waals surface area contributed by atoms with E-state index >= 15 is 0 Å². The van der Waals surface area contributed by atoms with Crippen LogP contribution in [0.1, 0.15) is 59.9 Å². The predicted molar refractivity (Wildman–Crippen MR) is 129 cm³/mol. The monoisotopic (exact) mass is 475 g/mol. The highest BCUT2D eigenvalue weighted by Gasteiger charge is 2.35. The van der Waals surface area contributed by atoms with Crippen LogP contribution in [-0.2, 0) is 4.79 Å². The van der Waals surface area contributed by atoms with Crippen molar-refractivity contribution in [3.63, 3.8) is 0 Å². The molecule has 3 heterocycles. The lowest BCUT2D eigenvalue weighted by molar-refractivity contribution is -0.126. The Balaban J connectivity index is 1.52. The Bertz CT molecular complexity index is 1420. The average molecular weight is 476 g/mol. The normalized spacial score (nSPS) is 19.5. The van der Waals surface area contributed by atoms with Gasteiger partial charge in [-0.25, -0.2) is 14.1 Å². The number of carbonyl (C=O) groups excluding carboxylic acids is 2. The minimum Gasteiger partial charge on any atom is -0.373 e. The largest absolute Gasteiger partial charge is 0.373 e. The Kier molecular flexibility index (Phi) is 5.55. The van der Waals surface area contributed by atoms with Gasteiger partial charge in [-0.05, 0) is 44.2 Å². The zero-order chi connectivity index (χ0) is 24.9. The van der Waals surface area contributed by atoms with Crippen LogP contribution in [0.2, 0.25) is 0 Å². The SMILES string of the molecule is C=CC(=O)N1C[C@@H](n2nc(C#Cc3cc4ncn(C5CC5)c4cc3F)c(C(N)=O)c2NC)C[C@H]1C. The maximum Gasteiger partial charge on any atom is 0.255 e. The lowest BCUT2D eigenvalue weighted by Gasteiger charge is -2.19. The van der Waals surface area contributed by atoms with Crippen molar-refractivity contribution in [2.45, 2.75) is 44.3 Å². The number of primary amides is 1. The van der Waals surface area contributed by atoms with Gasteiger partial charge >= 0.3 is 0 Å². The van der Waals surface area contributed by atoms with Crippen molar-refractivity contribution in [2.24, 2.45) is 5.73 Å². The second kappa shape index (κ2) is 8.58. The number of hydrogen-bond acceptors (Lipinski definition) is 5. The smallest absolute Gasteiger partial charge is 0.255 e. The molecule has 0 bridgehead atoms. The minimum absolute atomic E-state index is 0.0257. The summed E-state index contributed by atoms with van der Waals surface area (Å²) in [5, 5.41) is 7.54. The number of halogens is 1. The first kappa shape index (κ1) is 22.7. The third kappa shape index (κ3) is 3.93. The number of imidazole rings is 1. The van der Waals surface area contributed by atoms with E-state index < -0.39 is 11.7 Å². The number of amides is 2. The first-order valence-electron chi connectivity index (χ1n) is 11.5. The van der Waals surface area contributed by atoms with Crippen molar-refractivity contribution in [3.8, 4) is 11.8 Å². The molecule has 3 aromatic rings. The highest BCUT2D eigenvalue weighted by Crippen LogP contribution is 2.37. The summed E-state index contributed by atoms with van der Waals surface area (Å²) in [6.07, 6.45) is 5.79. The van der Waals surface area contributed by atoms with E-state index in [0.29, 0.717) is 30.3 Å². The van der Waals surface area contributed by atoms with Crippen molar-refractivity contribution >= 4 is 28.7 Å². The first-order chi connectivity index (χ1) is 16.8. The fourth-order valence-electron chi connectivity index (χ4n) is 4.78. The standard InChI is InChI=1S/C25H26FN7O2/c1-4-22(34)31-12-17(9-14(31)2)33-25(28-3)23(24(27)35)19(30-33)8-5-15-10-20-21(11-18(15)26)32(13-29-20)16-6-7-16/h4,10-11,13-14,16-17,28H,1,6-7,9,12H2,2-3H3,(H2,27,35)/t14-,17+/m1/s1. The molecule has 2 atom stereocenters. The molecule has 5 rings (SSSR count). The van der Waals surface area contributed by atoms with Crippen LogP contribution in [0.15, 0.2) is 31.1 Å². The fraction of sp³-hybridized carbons (Fsp3) is 0.360. The summed E-state index contributed by atoms with van der Waals surface area (Å²) >= 11 is 0. The molecule has 1 saturated heterocycles. The second-order valence-corrected chi connectivity index (χ2v) is 9.02. The topological polar surface area (TPSA) is 111 Å². The molecule has 1 saturated carbocycles. The third-order valence-electron chi connectivity index (χ3n) is 6.67. The lowest BCUT2D eigenvalue weighted by Crippen LogP contribution is -2.32. The molecule has 0 radical (unpaired) electrons. The number of benzene rings is 1. The molecule has 9 nitrogen and oxygen atoms in total. The summed E-state index contributed by atoms with van der Waals surface area (Å²) in [5.74, 6) is 4.72. The summed E-state index contributed by atoms with van der Waals surface area (Å²) in [6.45, 7) is 5.92. The number of nitrogens with two attached hydrogens (primary N) is 1. The van der Waals surface area contributed by atoms with E-state index in [0.717, 1.165) is 18.4 Å². The summed E-state index contributed by atoms with van der Waals surface area (Å²) in [7, 11) is 1.66. The number of fused-ring (bicyclic) bond motifs is 1. The van der Waals surface area contributed by atoms with Gasteiger partial charge in [0.15, 0.2) is 5.69 Å². The van der Waals surface area contributed by atoms with Gasteiger partial charge in [-0.2, -0.15) is 5.10 Å². The van der Waals surface area contributed by atoms with Crippen molar-refractivity contribution in [2.75, 3.05) is 18.9 Å².